The van der Waals surface area contributed by atoms with Gasteiger partial charge in [-0.1, -0.05) is 147 Å². The second kappa shape index (κ2) is 19.0. The third-order valence-electron chi connectivity index (χ3n) is 8.27. The van der Waals surface area contributed by atoms with Crippen LogP contribution in [-0.2, 0) is 17.6 Å². The SMILES string of the molecule is CCCCCCCCCCCCCCCCN1C(=O)/C(=C/c2ccccc2C)SC1=Nc1c(CC)cccc1CC. The number of benzene rings is 2. The Morgan fingerprint density at radius 3 is 1.78 bits per heavy atom. The molecule has 1 saturated heterocycles. The fourth-order valence-corrected chi connectivity index (χ4v) is 6.60. The summed E-state index contributed by atoms with van der Waals surface area (Å²) < 4.78 is 0. The maximum atomic E-state index is 13.7. The van der Waals surface area contributed by atoms with Crippen molar-refractivity contribution in [1.29, 1.82) is 0 Å². The molecule has 1 fully saturated rings. The van der Waals surface area contributed by atoms with Crippen LogP contribution in [0.1, 0.15) is 133 Å². The van der Waals surface area contributed by atoms with Crippen LogP contribution in [0.15, 0.2) is 52.4 Å². The molecule has 0 atom stereocenters. The number of amides is 1. The summed E-state index contributed by atoms with van der Waals surface area (Å²) >= 11 is 1.54. The van der Waals surface area contributed by atoms with E-state index < -0.39 is 0 Å². The fourth-order valence-electron chi connectivity index (χ4n) is 5.60. The number of amidine groups is 1. The van der Waals surface area contributed by atoms with Crippen LogP contribution in [0.3, 0.4) is 0 Å². The Bertz CT molecular complexity index is 1110. The molecule has 0 radical (unpaired) electrons. The first-order chi connectivity index (χ1) is 20.1. The highest BCUT2D eigenvalue weighted by atomic mass is 32.2. The molecule has 2 aromatic carbocycles. The van der Waals surface area contributed by atoms with E-state index in [1.54, 1.807) is 0 Å². The number of hydrogen-bond donors (Lipinski definition) is 0. The number of para-hydroxylation sites is 1. The van der Waals surface area contributed by atoms with Gasteiger partial charge in [-0.25, -0.2) is 4.99 Å². The summed E-state index contributed by atoms with van der Waals surface area (Å²) in [5.74, 6) is 0.0960. The van der Waals surface area contributed by atoms with E-state index in [0.717, 1.165) is 47.1 Å². The average Bonchev–Trinajstić information content (AvgIpc) is 3.27. The van der Waals surface area contributed by atoms with Crippen molar-refractivity contribution in [2.24, 2.45) is 4.99 Å². The van der Waals surface area contributed by atoms with Crippen LogP contribution >= 0.6 is 11.8 Å². The van der Waals surface area contributed by atoms with E-state index in [-0.39, 0.29) is 5.91 Å². The molecule has 0 aliphatic carbocycles. The van der Waals surface area contributed by atoms with E-state index in [1.165, 1.54) is 112 Å². The van der Waals surface area contributed by atoms with Gasteiger partial charge in [0.05, 0.1) is 10.6 Å². The largest absolute Gasteiger partial charge is 0.286 e. The maximum Gasteiger partial charge on any atom is 0.266 e. The zero-order chi connectivity index (χ0) is 29.3. The van der Waals surface area contributed by atoms with Crippen LogP contribution in [0.4, 0.5) is 5.69 Å². The fraction of sp³-hybridized carbons (Fsp3) is 0.568. The van der Waals surface area contributed by atoms with Crippen molar-refractivity contribution in [2.45, 2.75) is 130 Å². The molecule has 4 heteroatoms. The molecule has 1 amide bonds. The lowest BCUT2D eigenvalue weighted by atomic mass is 10.0. The molecule has 41 heavy (non-hydrogen) atoms. The van der Waals surface area contributed by atoms with Crippen molar-refractivity contribution in [3.8, 4) is 0 Å². The van der Waals surface area contributed by atoms with Gasteiger partial charge in [-0.15, -0.1) is 0 Å². The van der Waals surface area contributed by atoms with E-state index in [9.17, 15) is 4.79 Å². The van der Waals surface area contributed by atoms with Gasteiger partial charge in [-0.3, -0.25) is 9.69 Å². The van der Waals surface area contributed by atoms with E-state index in [2.05, 4.69) is 64.1 Å². The van der Waals surface area contributed by atoms with Crippen molar-refractivity contribution in [2.75, 3.05) is 6.54 Å². The minimum absolute atomic E-state index is 0.0960. The molecule has 3 rings (SSSR count). The van der Waals surface area contributed by atoms with Crippen LogP contribution in [-0.4, -0.2) is 22.5 Å². The van der Waals surface area contributed by atoms with Crippen LogP contribution in [0.2, 0.25) is 0 Å². The average molecular weight is 575 g/mol. The number of aliphatic imine (C=N–C) groups is 1. The molecule has 1 aliphatic rings. The number of hydrogen-bond acceptors (Lipinski definition) is 3. The number of aryl methyl sites for hydroxylation is 3. The molecular formula is C37H54N2OS. The first kappa shape index (κ1) is 33.2. The van der Waals surface area contributed by atoms with Gasteiger partial charge in [-0.05, 0) is 66.3 Å². The zero-order valence-electron chi connectivity index (χ0n) is 26.4. The van der Waals surface area contributed by atoms with Crippen LogP contribution in [0.5, 0.6) is 0 Å². The number of unbranched alkanes of at least 4 members (excludes halogenated alkanes) is 13. The van der Waals surface area contributed by atoms with Crippen LogP contribution in [0, 0.1) is 6.92 Å². The van der Waals surface area contributed by atoms with Gasteiger partial charge >= 0.3 is 0 Å². The van der Waals surface area contributed by atoms with E-state index in [1.807, 2.05) is 17.0 Å². The Balaban J connectivity index is 1.55. The quantitative estimate of drug-likeness (QED) is 0.123. The number of thioether (sulfide) groups is 1. The van der Waals surface area contributed by atoms with Crippen molar-refractivity contribution in [1.82, 2.24) is 4.90 Å². The third kappa shape index (κ3) is 10.8. The maximum absolute atomic E-state index is 13.7. The molecule has 3 nitrogen and oxygen atoms in total. The van der Waals surface area contributed by atoms with Crippen LogP contribution in [0.25, 0.3) is 6.08 Å². The standard InChI is InChI=1S/C37H54N2OS/c1-5-8-9-10-11-12-13-14-15-16-17-18-19-22-28-39-36(40)34(29-33-25-21-20-24-30(33)4)41-37(39)38-35-31(6-2)26-23-27-32(35)7-3/h20-21,23-27,29H,5-19,22,28H2,1-4H3/b34-29-,38-37?. The minimum atomic E-state index is 0.0960. The summed E-state index contributed by atoms with van der Waals surface area (Å²) in [6.45, 7) is 9.49. The normalized spacial score (nSPS) is 15.5. The summed E-state index contributed by atoms with van der Waals surface area (Å²) in [5, 5.41) is 0.833. The molecule has 0 spiro atoms. The van der Waals surface area contributed by atoms with Gasteiger partial charge in [0.15, 0.2) is 5.17 Å². The van der Waals surface area contributed by atoms with Gasteiger partial charge in [0, 0.05) is 6.54 Å². The Hall–Kier alpha value is -2.33. The van der Waals surface area contributed by atoms with E-state index in [4.69, 9.17) is 4.99 Å². The van der Waals surface area contributed by atoms with Crippen LogP contribution < -0.4 is 0 Å². The first-order valence-electron chi connectivity index (χ1n) is 16.6. The van der Waals surface area contributed by atoms with E-state index in [0.29, 0.717) is 0 Å². The molecular weight excluding hydrogens is 520 g/mol. The molecule has 224 valence electrons. The van der Waals surface area contributed by atoms with Gasteiger partial charge in [0.1, 0.15) is 0 Å². The van der Waals surface area contributed by atoms with Gasteiger partial charge in [0.25, 0.3) is 5.91 Å². The molecule has 0 bridgehead atoms. The highest BCUT2D eigenvalue weighted by Crippen LogP contribution is 2.36. The summed E-state index contributed by atoms with van der Waals surface area (Å²) in [6.07, 6.45) is 22.6. The third-order valence-corrected chi connectivity index (χ3v) is 9.28. The van der Waals surface area contributed by atoms with Crippen molar-refractivity contribution < 1.29 is 4.79 Å². The topological polar surface area (TPSA) is 32.7 Å². The highest BCUT2D eigenvalue weighted by Gasteiger charge is 2.33. The number of carbonyl (C=O) groups excluding carboxylic acids is 1. The number of rotatable bonds is 19. The predicted octanol–water partition coefficient (Wildman–Crippen LogP) is 11.2. The second-order valence-corrected chi connectivity index (χ2v) is 12.6. The van der Waals surface area contributed by atoms with Crippen molar-refractivity contribution >= 4 is 34.6 Å². The van der Waals surface area contributed by atoms with Crippen molar-refractivity contribution in [3.05, 3.63) is 69.6 Å². The second-order valence-electron chi connectivity index (χ2n) is 11.5. The highest BCUT2D eigenvalue weighted by molar-refractivity contribution is 8.18. The summed E-state index contributed by atoms with van der Waals surface area (Å²) in [6, 6.07) is 14.7. The first-order valence-corrected chi connectivity index (χ1v) is 17.4. The van der Waals surface area contributed by atoms with Gasteiger partial charge in [-0.2, -0.15) is 0 Å². The van der Waals surface area contributed by atoms with Crippen molar-refractivity contribution in [3.63, 3.8) is 0 Å². The van der Waals surface area contributed by atoms with Gasteiger partial charge < -0.3 is 0 Å². The Kier molecular flexibility index (Phi) is 15.4. The number of carbonyl (C=O) groups is 1. The monoisotopic (exact) mass is 574 g/mol. The Morgan fingerprint density at radius 1 is 0.707 bits per heavy atom. The predicted molar refractivity (Wildman–Crippen MR) is 181 cm³/mol. The molecule has 1 heterocycles. The van der Waals surface area contributed by atoms with E-state index >= 15 is 0 Å². The molecule has 0 saturated carbocycles. The molecule has 0 unspecified atom stereocenters. The summed E-state index contributed by atoms with van der Waals surface area (Å²) in [7, 11) is 0. The smallest absolute Gasteiger partial charge is 0.266 e. The molecule has 2 aromatic rings. The zero-order valence-corrected chi connectivity index (χ0v) is 27.2. The molecule has 0 aromatic heterocycles. The van der Waals surface area contributed by atoms with Gasteiger partial charge in [0.2, 0.25) is 0 Å². The Labute approximate surface area is 255 Å². The summed E-state index contributed by atoms with van der Waals surface area (Å²) in [4.78, 5) is 21.5. The molecule has 0 N–H and O–H groups in total. The summed E-state index contributed by atoms with van der Waals surface area (Å²) in [5.41, 5.74) is 5.83. The lowest BCUT2D eigenvalue weighted by Crippen LogP contribution is -2.30. The minimum Gasteiger partial charge on any atom is -0.286 e. The lowest BCUT2D eigenvalue weighted by Gasteiger charge is -2.17. The number of nitrogens with zero attached hydrogens (tertiary/aromatic N) is 2. The lowest BCUT2D eigenvalue weighted by molar-refractivity contribution is -0.122. The Morgan fingerprint density at radius 2 is 1.24 bits per heavy atom. The molecule has 1 aliphatic heterocycles.